The van der Waals surface area contributed by atoms with Crippen molar-refractivity contribution in [1.29, 1.82) is 0 Å². The van der Waals surface area contributed by atoms with Gasteiger partial charge in [0, 0.05) is 20.1 Å². The quantitative estimate of drug-likeness (QED) is 0.264. The largest absolute Gasteiger partial charge is 0.359 e. The van der Waals surface area contributed by atoms with Gasteiger partial charge in [-0.25, -0.2) is 0 Å². The monoisotopic (exact) mass is 183 g/mol. The molecule has 0 unspecified atom stereocenters. The van der Waals surface area contributed by atoms with Crippen LogP contribution in [0.15, 0.2) is 17.6 Å². The minimum absolute atomic E-state index is 0.878. The van der Waals surface area contributed by atoms with E-state index in [0.29, 0.717) is 0 Å². The van der Waals surface area contributed by atoms with Crippen LogP contribution in [0.5, 0.6) is 0 Å². The molecule has 0 saturated heterocycles. The fourth-order valence-corrected chi connectivity index (χ4v) is 1.11. The third-order valence-electron chi connectivity index (χ3n) is 1.69. The van der Waals surface area contributed by atoms with Crippen LogP contribution in [-0.4, -0.2) is 44.5 Å². The molecular formula is C10H21N3. The molecule has 0 aromatic heterocycles. The van der Waals surface area contributed by atoms with Crippen molar-refractivity contribution in [3.63, 3.8) is 0 Å². The summed E-state index contributed by atoms with van der Waals surface area (Å²) in [6, 6.07) is 0. The third kappa shape index (κ3) is 7.53. The molecule has 0 aliphatic heterocycles. The lowest BCUT2D eigenvalue weighted by Gasteiger charge is -2.16. The predicted molar refractivity (Wildman–Crippen MR) is 59.3 cm³/mol. The molecule has 0 amide bonds. The predicted octanol–water partition coefficient (Wildman–Crippen LogP) is 1.13. The lowest BCUT2D eigenvalue weighted by Crippen LogP contribution is -2.26. The first kappa shape index (κ1) is 12.2. The van der Waals surface area contributed by atoms with E-state index in [1.54, 1.807) is 7.05 Å². The Morgan fingerprint density at radius 3 is 2.85 bits per heavy atom. The molecule has 0 heterocycles. The van der Waals surface area contributed by atoms with Crippen molar-refractivity contribution >= 4 is 6.34 Å². The molecule has 13 heavy (non-hydrogen) atoms. The molecule has 0 fully saturated rings. The number of hydrogen-bond donors (Lipinski definition) is 1. The van der Waals surface area contributed by atoms with Gasteiger partial charge in [0.05, 0.1) is 6.34 Å². The molecule has 0 radical (unpaired) electrons. The molecule has 0 aromatic carbocycles. The number of nitrogens with one attached hydrogen (secondary N) is 1. The van der Waals surface area contributed by atoms with E-state index in [9.17, 15) is 0 Å². The fourth-order valence-electron chi connectivity index (χ4n) is 1.11. The van der Waals surface area contributed by atoms with Crippen LogP contribution in [0.4, 0.5) is 0 Å². The van der Waals surface area contributed by atoms with Gasteiger partial charge in [-0.1, -0.05) is 13.0 Å². The molecule has 3 nitrogen and oxygen atoms in total. The van der Waals surface area contributed by atoms with Crippen LogP contribution in [0.2, 0.25) is 0 Å². The summed E-state index contributed by atoms with van der Waals surface area (Å²) in [4.78, 5) is 6.14. The fraction of sp³-hybridized carbons (Fsp3) is 0.700. The highest BCUT2D eigenvalue weighted by molar-refractivity contribution is 5.54. The average molecular weight is 183 g/mol. The molecule has 0 bridgehead atoms. The van der Waals surface area contributed by atoms with Gasteiger partial charge < -0.3 is 10.2 Å². The van der Waals surface area contributed by atoms with E-state index in [0.717, 1.165) is 32.6 Å². The summed E-state index contributed by atoms with van der Waals surface area (Å²) >= 11 is 0. The zero-order chi connectivity index (χ0) is 9.94. The van der Waals surface area contributed by atoms with Crippen LogP contribution < -0.4 is 5.32 Å². The molecule has 0 aromatic rings. The Bertz CT molecular complexity index is 143. The first-order valence-corrected chi connectivity index (χ1v) is 4.83. The van der Waals surface area contributed by atoms with Crippen molar-refractivity contribution in [2.45, 2.75) is 13.3 Å². The normalized spacial score (nSPS) is 10.6. The second kappa shape index (κ2) is 9.26. The molecule has 1 N–H and O–H groups in total. The van der Waals surface area contributed by atoms with E-state index in [1.807, 2.05) is 12.4 Å². The number of aliphatic imine (C=N–C) groups is 1. The highest BCUT2D eigenvalue weighted by Crippen LogP contribution is 1.87. The van der Waals surface area contributed by atoms with Crippen molar-refractivity contribution in [2.75, 3.05) is 33.2 Å². The van der Waals surface area contributed by atoms with Gasteiger partial charge in [0.1, 0.15) is 0 Å². The van der Waals surface area contributed by atoms with E-state index < -0.39 is 0 Å². The van der Waals surface area contributed by atoms with E-state index >= 15 is 0 Å². The molecule has 0 rings (SSSR count). The van der Waals surface area contributed by atoms with Gasteiger partial charge in [0.2, 0.25) is 0 Å². The minimum atomic E-state index is 0.878. The summed E-state index contributed by atoms with van der Waals surface area (Å²) in [6.07, 6.45) is 4.91. The standard InChI is InChI=1S/C10H21N3/c1-4-8-13(10-11-3)9-6-7-12-5-2/h4,10,12H,1,5-9H2,2-3H3. The van der Waals surface area contributed by atoms with E-state index in [4.69, 9.17) is 0 Å². The van der Waals surface area contributed by atoms with E-state index in [1.165, 1.54) is 0 Å². The maximum absolute atomic E-state index is 3.99. The average Bonchev–Trinajstić information content (AvgIpc) is 2.13. The molecule has 0 saturated carbocycles. The van der Waals surface area contributed by atoms with Crippen molar-refractivity contribution in [1.82, 2.24) is 10.2 Å². The van der Waals surface area contributed by atoms with Gasteiger partial charge in [-0.2, -0.15) is 0 Å². The third-order valence-corrected chi connectivity index (χ3v) is 1.69. The van der Waals surface area contributed by atoms with Gasteiger partial charge in [-0.05, 0) is 19.5 Å². The zero-order valence-electron chi connectivity index (χ0n) is 8.79. The first-order valence-electron chi connectivity index (χ1n) is 4.83. The molecule has 3 heteroatoms. The Kier molecular flexibility index (Phi) is 8.67. The Labute approximate surface area is 81.5 Å². The number of nitrogens with zero attached hydrogens (tertiary/aromatic N) is 2. The van der Waals surface area contributed by atoms with Crippen LogP contribution in [0.1, 0.15) is 13.3 Å². The first-order chi connectivity index (χ1) is 6.35. The van der Waals surface area contributed by atoms with Crippen molar-refractivity contribution < 1.29 is 0 Å². The van der Waals surface area contributed by atoms with Gasteiger partial charge in [-0.15, -0.1) is 6.58 Å². The van der Waals surface area contributed by atoms with E-state index in [-0.39, 0.29) is 0 Å². The number of rotatable bonds is 8. The van der Waals surface area contributed by atoms with Crippen molar-refractivity contribution in [3.05, 3.63) is 12.7 Å². The topological polar surface area (TPSA) is 27.6 Å². The van der Waals surface area contributed by atoms with E-state index in [2.05, 4.69) is 28.7 Å². The Hall–Kier alpha value is -0.830. The smallest absolute Gasteiger partial charge is 0.0849 e. The maximum Gasteiger partial charge on any atom is 0.0849 e. The van der Waals surface area contributed by atoms with Gasteiger partial charge in [0.15, 0.2) is 0 Å². The highest BCUT2D eigenvalue weighted by atomic mass is 15.1. The van der Waals surface area contributed by atoms with Gasteiger partial charge in [0.25, 0.3) is 0 Å². The molecule has 76 valence electrons. The Morgan fingerprint density at radius 1 is 1.54 bits per heavy atom. The molecule has 0 aliphatic carbocycles. The zero-order valence-corrected chi connectivity index (χ0v) is 8.79. The van der Waals surface area contributed by atoms with Crippen LogP contribution in [0, 0.1) is 0 Å². The lowest BCUT2D eigenvalue weighted by molar-refractivity contribution is 0.453. The summed E-state index contributed by atoms with van der Waals surface area (Å²) < 4.78 is 0. The van der Waals surface area contributed by atoms with Crippen LogP contribution in [-0.2, 0) is 0 Å². The van der Waals surface area contributed by atoms with Crippen molar-refractivity contribution in [2.24, 2.45) is 4.99 Å². The minimum Gasteiger partial charge on any atom is -0.359 e. The maximum atomic E-state index is 3.99. The van der Waals surface area contributed by atoms with Crippen LogP contribution >= 0.6 is 0 Å². The summed E-state index contributed by atoms with van der Waals surface area (Å²) in [7, 11) is 1.79. The van der Waals surface area contributed by atoms with Crippen LogP contribution in [0.3, 0.4) is 0 Å². The SMILES string of the molecule is C=CCN(C=NC)CCCNCC. The molecular weight excluding hydrogens is 162 g/mol. The molecule has 0 aliphatic rings. The summed E-state index contributed by atoms with van der Waals surface area (Å²) in [5.41, 5.74) is 0. The van der Waals surface area contributed by atoms with Gasteiger partial charge >= 0.3 is 0 Å². The number of hydrogen-bond acceptors (Lipinski definition) is 2. The second-order valence-corrected chi connectivity index (χ2v) is 2.86. The molecule has 0 atom stereocenters. The highest BCUT2D eigenvalue weighted by Gasteiger charge is 1.95. The Morgan fingerprint density at radius 2 is 2.31 bits per heavy atom. The summed E-state index contributed by atoms with van der Waals surface area (Å²) in [5, 5.41) is 3.29. The van der Waals surface area contributed by atoms with Gasteiger partial charge in [-0.3, -0.25) is 4.99 Å². The van der Waals surface area contributed by atoms with Crippen molar-refractivity contribution in [3.8, 4) is 0 Å². The molecule has 0 spiro atoms. The van der Waals surface area contributed by atoms with Crippen LogP contribution in [0.25, 0.3) is 0 Å². The summed E-state index contributed by atoms with van der Waals surface area (Å²) in [6.45, 7) is 9.86. The summed E-state index contributed by atoms with van der Waals surface area (Å²) in [5.74, 6) is 0. The lowest BCUT2D eigenvalue weighted by atomic mass is 10.4. The second-order valence-electron chi connectivity index (χ2n) is 2.86. The Balaban J connectivity index is 3.50.